The van der Waals surface area contributed by atoms with E-state index >= 15 is 0 Å². The van der Waals surface area contributed by atoms with E-state index in [0.29, 0.717) is 28.6 Å². The topological polar surface area (TPSA) is 485 Å². The van der Waals surface area contributed by atoms with Gasteiger partial charge in [-0.05, 0) is 74.4 Å². The molecule has 0 spiro atoms. The number of nitrogens with zero attached hydrogens (tertiary/aromatic N) is 14. The lowest BCUT2D eigenvalue weighted by atomic mass is 10.2. The standard InChI is InChI=1S/C22H27N7O7.C17H23N5O5.C12H14N4O3.C10H15N3O4.ClHN2/c1-22(2,3)36-21(33)26-15-11-28(5)16(23-15)18(30)25-14-10-29(6)17(24-14)20(32)35-12-8-13(19(31)34-7)27(4)9-12;1-17(2,3)27-16(25)20-12-9-22(5)13(19-12)14(23)18-10-7-11(15(24)26-6)21(4)8-10;1-15-5-4-13-10(15)11(17)14-8-6-9(12(18)19-3)16(2)7-8;1-10(2,3)17-9(16)12-6-5-13(4)7(11-6)8(14)15;1-3-2/h8-11H,1-7H3,(H,25,30)(H,26,33);7-9H,1-6H3,(H,18,23)(H,20,25);4-7H,1-3H3,(H,14,17);5H,1-4H3,(H,12,16)(H,14,15);2H. The Morgan fingerprint density at radius 2 is 0.735 bits per heavy atom. The lowest BCUT2D eigenvalue weighted by molar-refractivity contribution is 0.0581. The minimum Gasteiger partial charge on any atom is -0.475 e. The van der Waals surface area contributed by atoms with Crippen LogP contribution in [0, 0.1) is 5.53 Å². The Morgan fingerprint density at radius 3 is 1.08 bits per heavy atom. The Kier molecular flexibility index (Phi) is 28.2. The van der Waals surface area contributed by atoms with Gasteiger partial charge in [-0.2, -0.15) is 5.53 Å². The predicted molar refractivity (Wildman–Crippen MR) is 363 cm³/mol. The van der Waals surface area contributed by atoms with Gasteiger partial charge in [0.15, 0.2) is 29.1 Å². The Labute approximate surface area is 587 Å². The molecule has 0 fully saturated rings. The number of hydrogen-bond donors (Lipinski definition) is 8. The number of amides is 6. The van der Waals surface area contributed by atoms with Gasteiger partial charge in [0.2, 0.25) is 23.3 Å². The molecule has 0 saturated heterocycles. The third kappa shape index (κ3) is 24.7. The van der Waals surface area contributed by atoms with Crippen molar-refractivity contribution in [1.29, 1.82) is 5.53 Å². The minimum atomic E-state index is -1.16. The van der Waals surface area contributed by atoms with E-state index in [-0.39, 0.29) is 63.9 Å². The first kappa shape index (κ1) is 81.8. The molecule has 8 aromatic heterocycles. The average Bonchev–Trinajstić information content (AvgIpc) is 1.69. The van der Waals surface area contributed by atoms with Crippen LogP contribution in [0.3, 0.4) is 0 Å². The van der Waals surface area contributed by atoms with Crippen LogP contribution in [0.25, 0.3) is 0 Å². The van der Waals surface area contributed by atoms with E-state index in [4.69, 9.17) is 29.6 Å². The van der Waals surface area contributed by atoms with Crippen LogP contribution in [-0.2, 0) is 84.8 Å². The van der Waals surface area contributed by atoms with Crippen LogP contribution in [0.15, 0.2) is 78.6 Å². The van der Waals surface area contributed by atoms with Crippen molar-refractivity contribution < 1.29 is 91.0 Å². The minimum absolute atomic E-state index is 0.0181. The summed E-state index contributed by atoms with van der Waals surface area (Å²) < 4.78 is 48.6. The second-order valence-electron chi connectivity index (χ2n) is 24.2. The Morgan fingerprint density at radius 1 is 0.422 bits per heavy atom. The largest absolute Gasteiger partial charge is 0.475 e. The first-order valence-electron chi connectivity index (χ1n) is 29.6. The monoisotopic (exact) mass is 1450 g/mol. The van der Waals surface area contributed by atoms with Gasteiger partial charge in [0.1, 0.15) is 39.6 Å². The van der Waals surface area contributed by atoms with Crippen molar-refractivity contribution in [1.82, 2.24) is 61.5 Å². The molecule has 8 N–H and O–H groups in total. The summed E-state index contributed by atoms with van der Waals surface area (Å²) in [5, 5.41) is 23.9. The highest BCUT2D eigenvalue weighted by atomic mass is 35.5. The Bertz CT molecular complexity index is 4380. The lowest BCUT2D eigenvalue weighted by Gasteiger charge is -2.19. The molecule has 8 rings (SSSR count). The van der Waals surface area contributed by atoms with Gasteiger partial charge in [-0.15, -0.1) is 0 Å². The molecule has 0 aliphatic carbocycles. The maximum atomic E-state index is 12.7. The number of anilines is 6. The number of carbonyl (C=O) groups is 11. The molecule has 0 unspecified atom stereocenters. The zero-order valence-corrected chi connectivity index (χ0v) is 60.1. The molecule has 8 heterocycles. The molecular weight excluding hydrogens is 1370 g/mol. The van der Waals surface area contributed by atoms with Crippen LogP contribution in [0.4, 0.5) is 49.0 Å². The zero-order chi connectivity index (χ0) is 77.1. The highest BCUT2D eigenvalue weighted by Gasteiger charge is 2.26. The number of carboxylic acid groups (broad SMARTS) is 1. The number of carbonyl (C=O) groups excluding carboxylic acids is 10. The van der Waals surface area contributed by atoms with Gasteiger partial charge >= 0.3 is 48.1 Å². The van der Waals surface area contributed by atoms with E-state index in [1.807, 2.05) is 0 Å². The zero-order valence-electron chi connectivity index (χ0n) is 59.4. The normalized spacial score (nSPS) is 10.7. The van der Waals surface area contributed by atoms with Gasteiger partial charge in [0.25, 0.3) is 17.7 Å². The Hall–Kier alpha value is -12.6. The number of aromatic carboxylic acids is 1. The molecule has 102 heavy (non-hydrogen) atoms. The number of nitrogens with one attached hydrogen (secondary N) is 7. The number of esters is 4. The quantitative estimate of drug-likeness (QED) is 0.0277. The number of carboxylic acids is 1. The summed E-state index contributed by atoms with van der Waals surface area (Å²) in [4.78, 5) is 150. The van der Waals surface area contributed by atoms with Gasteiger partial charge in [-0.1, -0.05) is 4.63 Å². The molecule has 41 heteroatoms. The molecule has 0 atom stereocenters. The van der Waals surface area contributed by atoms with Crippen LogP contribution < -0.4 is 36.6 Å². The van der Waals surface area contributed by atoms with E-state index in [0.717, 1.165) is 0 Å². The van der Waals surface area contributed by atoms with Gasteiger partial charge in [-0.25, -0.2) is 63.3 Å². The second kappa shape index (κ2) is 35.2. The van der Waals surface area contributed by atoms with Gasteiger partial charge < -0.3 is 90.8 Å². The maximum absolute atomic E-state index is 12.7. The van der Waals surface area contributed by atoms with E-state index in [1.165, 1.54) is 98.9 Å². The summed E-state index contributed by atoms with van der Waals surface area (Å²) in [7, 11) is 16.8. The summed E-state index contributed by atoms with van der Waals surface area (Å²) in [6.07, 6.45) is 11.6. The van der Waals surface area contributed by atoms with Crippen molar-refractivity contribution in [3.05, 3.63) is 120 Å². The van der Waals surface area contributed by atoms with Crippen molar-refractivity contribution in [3.8, 4) is 5.75 Å². The lowest BCUT2D eigenvalue weighted by Crippen LogP contribution is -2.27. The summed E-state index contributed by atoms with van der Waals surface area (Å²) in [5.74, 6) is -4.26. The Balaban J connectivity index is 0.000000296. The van der Waals surface area contributed by atoms with Crippen molar-refractivity contribution in [2.75, 3.05) is 53.2 Å². The summed E-state index contributed by atoms with van der Waals surface area (Å²) in [6, 6.07) is 4.40. The SMILES string of the molecule is COC(=O)c1cc(NC(=O)c2nc(NC(=O)OC(C)(C)C)cn2C)cn1C.COC(=O)c1cc(NC(=O)c2nccn2C)cn1C.COC(=O)c1cc(OC(=O)c2nc(NC(=O)c3nc(NC(=O)OC(C)(C)C)cn3C)cn2C)cn1C.Cn1cc(NC(=O)OC(C)(C)C)nc1C(=O)O.N=NCl. The van der Waals surface area contributed by atoms with Crippen molar-refractivity contribution in [3.63, 3.8) is 0 Å². The van der Waals surface area contributed by atoms with Crippen molar-refractivity contribution in [2.24, 2.45) is 61.0 Å². The first-order chi connectivity index (χ1) is 47.4. The number of methoxy groups -OCH3 is 3. The molecule has 0 saturated carbocycles. The van der Waals surface area contributed by atoms with Crippen LogP contribution in [0.1, 0.15) is 147 Å². The van der Waals surface area contributed by atoms with Gasteiger partial charge in [-0.3, -0.25) is 30.3 Å². The summed E-state index contributed by atoms with van der Waals surface area (Å²) in [5.41, 5.74) is 5.41. The molecule has 40 nitrogen and oxygen atoms in total. The maximum Gasteiger partial charge on any atom is 0.413 e. The van der Waals surface area contributed by atoms with Gasteiger partial charge in [0.05, 0.1) is 44.5 Å². The first-order valence-corrected chi connectivity index (χ1v) is 30.0. The number of halogens is 1. The van der Waals surface area contributed by atoms with Crippen LogP contribution in [-0.4, -0.2) is 171 Å². The molecule has 0 aliphatic heterocycles. The second-order valence-corrected chi connectivity index (χ2v) is 24.4. The third-order valence-electron chi connectivity index (χ3n) is 12.3. The fraction of sp³-hybridized carbons (Fsp3) is 0.377. The number of ether oxygens (including phenoxy) is 7. The molecule has 0 aromatic carbocycles. The van der Waals surface area contributed by atoms with Gasteiger partial charge in [0, 0.05) is 118 Å². The molecule has 0 radical (unpaired) electrons. The molecule has 0 aliphatic rings. The summed E-state index contributed by atoms with van der Waals surface area (Å²) in [6.45, 7) is 15.6. The van der Waals surface area contributed by atoms with Crippen molar-refractivity contribution in [2.45, 2.75) is 79.1 Å². The smallest absolute Gasteiger partial charge is 0.413 e. The molecule has 6 amide bonds. The number of rotatable bonds is 15. The molecular formula is C61H80ClN21O19. The summed E-state index contributed by atoms with van der Waals surface area (Å²) >= 11 is 4.29. The molecule has 8 aromatic rings. The molecule has 550 valence electrons. The highest BCUT2D eigenvalue weighted by molar-refractivity contribution is 6.13. The number of aromatic nitrogens is 13. The van der Waals surface area contributed by atoms with Crippen LogP contribution >= 0.6 is 11.8 Å². The number of imidazole rings is 5. The average molecular weight is 1450 g/mol. The van der Waals surface area contributed by atoms with E-state index in [9.17, 15) is 52.7 Å². The van der Waals surface area contributed by atoms with E-state index < -0.39 is 76.7 Å². The van der Waals surface area contributed by atoms with Crippen LogP contribution in [0.2, 0.25) is 0 Å². The van der Waals surface area contributed by atoms with E-state index in [2.05, 4.69) is 87.4 Å². The predicted octanol–water partition coefficient (Wildman–Crippen LogP) is 7.68. The third-order valence-corrected chi connectivity index (χ3v) is 12.3. The highest BCUT2D eigenvalue weighted by Crippen LogP contribution is 2.22. The molecule has 0 bridgehead atoms. The fourth-order valence-corrected chi connectivity index (χ4v) is 8.20. The number of aryl methyl sites for hydroxylation is 8. The van der Waals surface area contributed by atoms with Crippen LogP contribution in [0.5, 0.6) is 5.75 Å². The van der Waals surface area contributed by atoms with Crippen molar-refractivity contribution >= 4 is 112 Å². The fourth-order valence-electron chi connectivity index (χ4n) is 8.20. The number of hydrogen-bond acceptors (Lipinski definition) is 25. The van der Waals surface area contributed by atoms with E-state index in [1.54, 1.807) is 152 Å².